The second-order valence-electron chi connectivity index (χ2n) is 5.08. The van der Waals surface area contributed by atoms with Crippen LogP contribution in [0.2, 0.25) is 0 Å². The SMILES string of the molecule is N#Cc1c[nH]c(C(=O)Oc2ccc(C(=O)NC3CC3)cc2)c1. The highest BCUT2D eigenvalue weighted by molar-refractivity contribution is 5.95. The molecule has 0 atom stereocenters. The number of rotatable bonds is 4. The number of aromatic nitrogens is 1. The lowest BCUT2D eigenvalue weighted by atomic mass is 10.2. The van der Waals surface area contributed by atoms with Crippen molar-refractivity contribution in [2.24, 2.45) is 0 Å². The summed E-state index contributed by atoms with van der Waals surface area (Å²) in [6.45, 7) is 0. The number of amides is 1. The number of ether oxygens (including phenoxy) is 1. The summed E-state index contributed by atoms with van der Waals surface area (Å²) < 4.78 is 5.18. The van der Waals surface area contributed by atoms with Gasteiger partial charge in [0.1, 0.15) is 17.5 Å². The summed E-state index contributed by atoms with van der Waals surface area (Å²) in [5, 5.41) is 11.6. The van der Waals surface area contributed by atoms with Gasteiger partial charge in [0, 0.05) is 17.8 Å². The Morgan fingerprint density at radius 1 is 1.27 bits per heavy atom. The Morgan fingerprint density at radius 3 is 2.59 bits per heavy atom. The van der Waals surface area contributed by atoms with Crippen LogP contribution in [0.4, 0.5) is 0 Å². The van der Waals surface area contributed by atoms with Crippen LogP contribution in [-0.4, -0.2) is 22.9 Å². The Labute approximate surface area is 126 Å². The van der Waals surface area contributed by atoms with Gasteiger partial charge in [-0.1, -0.05) is 0 Å². The van der Waals surface area contributed by atoms with E-state index in [0.29, 0.717) is 22.9 Å². The number of esters is 1. The van der Waals surface area contributed by atoms with Gasteiger partial charge in [-0.05, 0) is 43.2 Å². The largest absolute Gasteiger partial charge is 0.422 e. The topological polar surface area (TPSA) is 95.0 Å². The fraction of sp³-hybridized carbons (Fsp3) is 0.188. The lowest BCUT2D eigenvalue weighted by Crippen LogP contribution is -2.25. The molecule has 2 aromatic rings. The molecule has 1 amide bonds. The van der Waals surface area contributed by atoms with E-state index in [9.17, 15) is 9.59 Å². The minimum atomic E-state index is -0.586. The third-order valence-corrected chi connectivity index (χ3v) is 3.27. The molecule has 0 radical (unpaired) electrons. The predicted octanol–water partition coefficient (Wildman–Crippen LogP) is 2.00. The normalized spacial score (nSPS) is 13.2. The van der Waals surface area contributed by atoms with Gasteiger partial charge >= 0.3 is 5.97 Å². The third kappa shape index (κ3) is 3.15. The lowest BCUT2D eigenvalue weighted by molar-refractivity contribution is 0.0729. The first-order chi connectivity index (χ1) is 10.7. The van der Waals surface area contributed by atoms with E-state index in [1.807, 2.05) is 6.07 Å². The van der Waals surface area contributed by atoms with Gasteiger partial charge in [0.05, 0.1) is 5.56 Å². The molecule has 1 aromatic heterocycles. The molecule has 1 heterocycles. The van der Waals surface area contributed by atoms with E-state index in [4.69, 9.17) is 10.00 Å². The van der Waals surface area contributed by atoms with Crippen LogP contribution in [0.3, 0.4) is 0 Å². The smallest absolute Gasteiger partial charge is 0.360 e. The highest BCUT2D eigenvalue weighted by atomic mass is 16.5. The zero-order chi connectivity index (χ0) is 15.5. The van der Waals surface area contributed by atoms with Crippen LogP contribution in [0.5, 0.6) is 5.75 Å². The Morgan fingerprint density at radius 2 is 2.00 bits per heavy atom. The third-order valence-electron chi connectivity index (χ3n) is 3.27. The Bertz CT molecular complexity index is 752. The number of carbonyl (C=O) groups is 2. The summed E-state index contributed by atoms with van der Waals surface area (Å²) in [6, 6.07) is 9.98. The molecule has 0 spiro atoms. The first-order valence-corrected chi connectivity index (χ1v) is 6.87. The van der Waals surface area contributed by atoms with Gasteiger partial charge in [-0.25, -0.2) is 4.79 Å². The average molecular weight is 295 g/mol. The van der Waals surface area contributed by atoms with E-state index in [0.717, 1.165) is 12.8 Å². The van der Waals surface area contributed by atoms with Gasteiger partial charge in [0.25, 0.3) is 5.91 Å². The molecular weight excluding hydrogens is 282 g/mol. The molecular formula is C16H13N3O3. The summed E-state index contributed by atoms with van der Waals surface area (Å²) in [4.78, 5) is 26.4. The molecule has 110 valence electrons. The maximum absolute atomic E-state index is 11.9. The molecule has 1 aromatic carbocycles. The summed E-state index contributed by atoms with van der Waals surface area (Å²) in [5.41, 5.74) is 1.09. The number of H-pyrrole nitrogens is 1. The number of nitriles is 1. The van der Waals surface area contributed by atoms with E-state index in [-0.39, 0.29) is 11.6 Å². The molecule has 1 saturated carbocycles. The van der Waals surface area contributed by atoms with Crippen LogP contribution in [0, 0.1) is 11.3 Å². The van der Waals surface area contributed by atoms with Crippen molar-refractivity contribution >= 4 is 11.9 Å². The highest BCUT2D eigenvalue weighted by Gasteiger charge is 2.23. The van der Waals surface area contributed by atoms with Crippen molar-refractivity contribution in [3.05, 3.63) is 53.3 Å². The van der Waals surface area contributed by atoms with Crippen molar-refractivity contribution in [2.75, 3.05) is 0 Å². The zero-order valence-electron chi connectivity index (χ0n) is 11.6. The second kappa shape index (κ2) is 5.74. The average Bonchev–Trinajstić information content (AvgIpc) is 3.20. The van der Waals surface area contributed by atoms with Gasteiger partial charge in [0.2, 0.25) is 0 Å². The molecule has 22 heavy (non-hydrogen) atoms. The van der Waals surface area contributed by atoms with E-state index in [1.165, 1.54) is 12.3 Å². The van der Waals surface area contributed by atoms with Crippen LogP contribution >= 0.6 is 0 Å². The number of carbonyl (C=O) groups excluding carboxylic acids is 2. The number of hydrogen-bond acceptors (Lipinski definition) is 4. The van der Waals surface area contributed by atoms with Gasteiger partial charge in [-0.2, -0.15) is 5.26 Å². The lowest BCUT2D eigenvalue weighted by Gasteiger charge is -2.05. The van der Waals surface area contributed by atoms with Crippen LogP contribution in [0.1, 0.15) is 39.3 Å². The summed E-state index contributed by atoms with van der Waals surface area (Å²) in [7, 11) is 0. The first kappa shape index (κ1) is 13.9. The predicted molar refractivity (Wildman–Crippen MR) is 77.4 cm³/mol. The summed E-state index contributed by atoms with van der Waals surface area (Å²) in [6.07, 6.45) is 3.49. The van der Waals surface area contributed by atoms with Gasteiger partial charge in [0.15, 0.2) is 0 Å². The standard InChI is InChI=1S/C16H13N3O3/c17-8-10-7-14(18-9-10)16(21)22-13-5-1-11(2-6-13)15(20)19-12-3-4-12/h1-2,5-7,9,12,18H,3-4H2,(H,19,20). The Hall–Kier alpha value is -3.07. The van der Waals surface area contributed by atoms with Gasteiger partial charge < -0.3 is 15.0 Å². The second-order valence-corrected chi connectivity index (χ2v) is 5.08. The molecule has 0 bridgehead atoms. The molecule has 3 rings (SSSR count). The van der Waals surface area contributed by atoms with Crippen molar-refractivity contribution in [1.82, 2.24) is 10.3 Å². The quantitative estimate of drug-likeness (QED) is 0.666. The zero-order valence-corrected chi connectivity index (χ0v) is 11.6. The maximum Gasteiger partial charge on any atom is 0.360 e. The van der Waals surface area contributed by atoms with Crippen LogP contribution in [-0.2, 0) is 0 Å². The van der Waals surface area contributed by atoms with Crippen LogP contribution < -0.4 is 10.1 Å². The van der Waals surface area contributed by atoms with Crippen molar-refractivity contribution < 1.29 is 14.3 Å². The molecule has 2 N–H and O–H groups in total. The van der Waals surface area contributed by atoms with Crippen molar-refractivity contribution in [3.8, 4) is 11.8 Å². The maximum atomic E-state index is 11.9. The molecule has 1 aliphatic rings. The molecule has 6 heteroatoms. The first-order valence-electron chi connectivity index (χ1n) is 6.87. The molecule has 6 nitrogen and oxygen atoms in total. The Balaban J connectivity index is 1.64. The summed E-state index contributed by atoms with van der Waals surface area (Å²) in [5.74, 6) is -0.374. The minimum Gasteiger partial charge on any atom is -0.422 e. The fourth-order valence-electron chi connectivity index (χ4n) is 1.91. The molecule has 0 aliphatic heterocycles. The summed E-state index contributed by atoms with van der Waals surface area (Å²) >= 11 is 0. The highest BCUT2D eigenvalue weighted by Crippen LogP contribution is 2.20. The molecule has 1 aliphatic carbocycles. The molecule has 1 fully saturated rings. The number of aromatic amines is 1. The fourth-order valence-corrected chi connectivity index (χ4v) is 1.91. The van der Waals surface area contributed by atoms with E-state index in [1.54, 1.807) is 24.3 Å². The monoisotopic (exact) mass is 295 g/mol. The van der Waals surface area contributed by atoms with Gasteiger partial charge in [-0.3, -0.25) is 4.79 Å². The Kier molecular flexibility index (Phi) is 3.62. The van der Waals surface area contributed by atoms with E-state index < -0.39 is 5.97 Å². The van der Waals surface area contributed by atoms with Crippen LogP contribution in [0.25, 0.3) is 0 Å². The molecule has 0 saturated heterocycles. The van der Waals surface area contributed by atoms with Gasteiger partial charge in [-0.15, -0.1) is 0 Å². The molecule has 0 unspecified atom stereocenters. The number of benzene rings is 1. The minimum absolute atomic E-state index is 0.122. The van der Waals surface area contributed by atoms with E-state index in [2.05, 4.69) is 10.3 Å². The number of nitrogens with one attached hydrogen (secondary N) is 2. The number of nitrogens with zero attached hydrogens (tertiary/aromatic N) is 1. The van der Waals surface area contributed by atoms with Crippen molar-refractivity contribution in [2.45, 2.75) is 18.9 Å². The van der Waals surface area contributed by atoms with E-state index >= 15 is 0 Å². The van der Waals surface area contributed by atoms with Crippen molar-refractivity contribution in [3.63, 3.8) is 0 Å². The van der Waals surface area contributed by atoms with Crippen molar-refractivity contribution in [1.29, 1.82) is 5.26 Å². The van der Waals surface area contributed by atoms with Crippen LogP contribution in [0.15, 0.2) is 36.5 Å². The number of hydrogen-bond donors (Lipinski definition) is 2.